The van der Waals surface area contributed by atoms with Crippen LogP contribution >= 0.6 is 11.6 Å². The fourth-order valence-corrected chi connectivity index (χ4v) is 2.37. The van der Waals surface area contributed by atoms with E-state index in [1.54, 1.807) is 24.3 Å². The number of carboxylic acids is 1. The van der Waals surface area contributed by atoms with E-state index in [0.29, 0.717) is 5.02 Å². The molecule has 6 heteroatoms. The summed E-state index contributed by atoms with van der Waals surface area (Å²) in [6, 6.07) is 16.3. The lowest BCUT2D eigenvalue weighted by Gasteiger charge is -2.14. The van der Waals surface area contributed by atoms with Crippen LogP contribution in [0.5, 0.6) is 0 Å². The van der Waals surface area contributed by atoms with Crippen molar-refractivity contribution in [2.75, 3.05) is 6.54 Å². The molecule has 0 aliphatic rings. The Labute approximate surface area is 145 Å². The summed E-state index contributed by atoms with van der Waals surface area (Å²) in [5, 5.41) is 12.3. The number of carboxylic acid groups (broad SMARTS) is 1. The SMILES string of the molecule is O=C(NCC(Cc1ccccc1Cl)C(=O)O)OCc1ccccc1. The number of hydrogen-bond donors (Lipinski definition) is 2. The highest BCUT2D eigenvalue weighted by Gasteiger charge is 2.20. The van der Waals surface area contributed by atoms with Crippen LogP contribution in [0.25, 0.3) is 0 Å². The van der Waals surface area contributed by atoms with Gasteiger partial charge in [0.15, 0.2) is 0 Å². The number of ether oxygens (including phenoxy) is 1. The van der Waals surface area contributed by atoms with Crippen molar-refractivity contribution < 1.29 is 19.4 Å². The molecule has 0 saturated heterocycles. The van der Waals surface area contributed by atoms with Crippen molar-refractivity contribution in [3.05, 3.63) is 70.7 Å². The molecule has 0 saturated carbocycles. The second-order valence-electron chi connectivity index (χ2n) is 5.27. The minimum absolute atomic E-state index is 0.0336. The first-order chi connectivity index (χ1) is 11.6. The molecule has 2 aromatic rings. The standard InChI is InChI=1S/C18H18ClNO4/c19-16-9-5-4-8-14(16)10-15(17(21)22)11-20-18(23)24-12-13-6-2-1-3-7-13/h1-9,15H,10-12H2,(H,20,23)(H,21,22). The van der Waals surface area contributed by atoms with Gasteiger partial charge in [0.2, 0.25) is 0 Å². The summed E-state index contributed by atoms with van der Waals surface area (Å²) in [7, 11) is 0. The van der Waals surface area contributed by atoms with E-state index in [1.165, 1.54) is 0 Å². The van der Waals surface area contributed by atoms with E-state index in [1.807, 2.05) is 30.3 Å². The molecular weight excluding hydrogens is 330 g/mol. The highest BCUT2D eigenvalue weighted by atomic mass is 35.5. The Bertz CT molecular complexity index is 690. The fraction of sp³-hybridized carbons (Fsp3) is 0.222. The minimum atomic E-state index is -1.00. The topological polar surface area (TPSA) is 75.6 Å². The van der Waals surface area contributed by atoms with Crippen LogP contribution in [0.2, 0.25) is 5.02 Å². The third-order valence-corrected chi connectivity index (χ3v) is 3.85. The van der Waals surface area contributed by atoms with Gasteiger partial charge in [-0.3, -0.25) is 4.79 Å². The Balaban J connectivity index is 1.84. The monoisotopic (exact) mass is 347 g/mol. The first-order valence-electron chi connectivity index (χ1n) is 7.47. The van der Waals surface area contributed by atoms with Crippen LogP contribution in [0.1, 0.15) is 11.1 Å². The summed E-state index contributed by atoms with van der Waals surface area (Å²) in [5.41, 5.74) is 1.59. The van der Waals surface area contributed by atoms with Crippen molar-refractivity contribution in [3.63, 3.8) is 0 Å². The Morgan fingerprint density at radius 2 is 1.75 bits per heavy atom. The van der Waals surface area contributed by atoms with E-state index in [4.69, 9.17) is 16.3 Å². The normalized spacial score (nSPS) is 11.5. The number of carbonyl (C=O) groups is 2. The molecule has 126 valence electrons. The molecule has 24 heavy (non-hydrogen) atoms. The van der Waals surface area contributed by atoms with Crippen molar-refractivity contribution in [1.82, 2.24) is 5.32 Å². The molecule has 0 bridgehead atoms. The highest BCUT2D eigenvalue weighted by molar-refractivity contribution is 6.31. The molecule has 1 atom stereocenters. The molecule has 0 radical (unpaired) electrons. The zero-order chi connectivity index (χ0) is 17.4. The summed E-state index contributed by atoms with van der Waals surface area (Å²) in [6.07, 6.45) is -0.419. The number of rotatable bonds is 7. The van der Waals surface area contributed by atoms with Gasteiger partial charge in [0.05, 0.1) is 5.92 Å². The maximum Gasteiger partial charge on any atom is 0.407 e. The fourth-order valence-electron chi connectivity index (χ4n) is 2.16. The number of halogens is 1. The average molecular weight is 348 g/mol. The summed E-state index contributed by atoms with van der Waals surface area (Å²) in [5.74, 6) is -1.78. The van der Waals surface area contributed by atoms with Crippen molar-refractivity contribution in [1.29, 1.82) is 0 Å². The van der Waals surface area contributed by atoms with Crippen LogP contribution in [-0.2, 0) is 22.6 Å². The smallest absolute Gasteiger partial charge is 0.407 e. The predicted molar refractivity (Wildman–Crippen MR) is 90.9 cm³/mol. The lowest BCUT2D eigenvalue weighted by molar-refractivity contribution is -0.141. The lowest BCUT2D eigenvalue weighted by Crippen LogP contribution is -2.34. The van der Waals surface area contributed by atoms with Crippen LogP contribution in [-0.4, -0.2) is 23.7 Å². The summed E-state index contributed by atoms with van der Waals surface area (Å²) >= 11 is 6.05. The molecule has 1 unspecified atom stereocenters. The van der Waals surface area contributed by atoms with Crippen molar-refractivity contribution in [2.24, 2.45) is 5.92 Å². The Kier molecular flexibility index (Phi) is 6.63. The van der Waals surface area contributed by atoms with E-state index in [2.05, 4.69) is 5.32 Å². The number of nitrogens with one attached hydrogen (secondary N) is 1. The largest absolute Gasteiger partial charge is 0.481 e. The lowest BCUT2D eigenvalue weighted by atomic mass is 9.99. The van der Waals surface area contributed by atoms with Crippen LogP contribution in [0.4, 0.5) is 4.79 Å². The van der Waals surface area contributed by atoms with Crippen molar-refractivity contribution in [3.8, 4) is 0 Å². The molecular formula is C18H18ClNO4. The van der Waals surface area contributed by atoms with E-state index in [9.17, 15) is 14.7 Å². The number of aliphatic carboxylic acids is 1. The third kappa shape index (κ3) is 5.59. The van der Waals surface area contributed by atoms with Crippen LogP contribution < -0.4 is 5.32 Å². The minimum Gasteiger partial charge on any atom is -0.481 e. The van der Waals surface area contributed by atoms with Gasteiger partial charge in [0.25, 0.3) is 0 Å². The molecule has 0 heterocycles. The molecule has 0 spiro atoms. The van der Waals surface area contributed by atoms with Crippen molar-refractivity contribution >= 4 is 23.7 Å². The maximum absolute atomic E-state index is 11.7. The van der Waals surface area contributed by atoms with Gasteiger partial charge in [0, 0.05) is 11.6 Å². The second-order valence-corrected chi connectivity index (χ2v) is 5.68. The number of amides is 1. The average Bonchev–Trinajstić information content (AvgIpc) is 2.59. The van der Waals surface area contributed by atoms with Gasteiger partial charge in [-0.1, -0.05) is 60.1 Å². The number of benzene rings is 2. The van der Waals surface area contributed by atoms with E-state index in [-0.39, 0.29) is 19.6 Å². The first-order valence-corrected chi connectivity index (χ1v) is 7.85. The third-order valence-electron chi connectivity index (χ3n) is 3.48. The van der Waals surface area contributed by atoms with Crippen LogP contribution in [0, 0.1) is 5.92 Å². The molecule has 0 aliphatic heterocycles. The zero-order valence-corrected chi connectivity index (χ0v) is 13.7. The van der Waals surface area contributed by atoms with Gasteiger partial charge in [-0.2, -0.15) is 0 Å². The predicted octanol–water partition coefficient (Wildman–Crippen LogP) is 3.51. The number of alkyl carbamates (subject to hydrolysis) is 1. The van der Waals surface area contributed by atoms with Gasteiger partial charge in [0.1, 0.15) is 6.61 Å². The van der Waals surface area contributed by atoms with Gasteiger partial charge in [-0.25, -0.2) is 4.79 Å². The molecule has 0 aromatic heterocycles. The second kappa shape index (κ2) is 8.93. The molecule has 2 N–H and O–H groups in total. The highest BCUT2D eigenvalue weighted by Crippen LogP contribution is 2.19. The summed E-state index contributed by atoms with van der Waals surface area (Å²) < 4.78 is 5.06. The van der Waals surface area contributed by atoms with E-state index >= 15 is 0 Å². The van der Waals surface area contributed by atoms with E-state index in [0.717, 1.165) is 11.1 Å². The number of carbonyl (C=O) groups excluding carboxylic acids is 1. The molecule has 1 amide bonds. The maximum atomic E-state index is 11.7. The Hall–Kier alpha value is -2.53. The van der Waals surface area contributed by atoms with Crippen LogP contribution in [0.15, 0.2) is 54.6 Å². The molecule has 0 aliphatic carbocycles. The number of hydrogen-bond acceptors (Lipinski definition) is 3. The molecule has 0 fully saturated rings. The molecule has 2 aromatic carbocycles. The van der Waals surface area contributed by atoms with Crippen molar-refractivity contribution in [2.45, 2.75) is 13.0 Å². The van der Waals surface area contributed by atoms with E-state index < -0.39 is 18.0 Å². The quantitative estimate of drug-likeness (QED) is 0.803. The summed E-state index contributed by atoms with van der Waals surface area (Å²) in [4.78, 5) is 23.1. The zero-order valence-electron chi connectivity index (χ0n) is 12.9. The molecule has 2 rings (SSSR count). The van der Waals surface area contributed by atoms with Gasteiger partial charge >= 0.3 is 12.1 Å². The first kappa shape index (κ1) is 17.8. The van der Waals surface area contributed by atoms with Gasteiger partial charge < -0.3 is 15.2 Å². The van der Waals surface area contributed by atoms with Gasteiger partial charge in [-0.05, 0) is 23.6 Å². The Morgan fingerprint density at radius 1 is 1.08 bits per heavy atom. The summed E-state index contributed by atoms with van der Waals surface area (Å²) in [6.45, 7) is 0.100. The van der Waals surface area contributed by atoms with Gasteiger partial charge in [-0.15, -0.1) is 0 Å². The van der Waals surface area contributed by atoms with Crippen LogP contribution in [0.3, 0.4) is 0 Å². The molecule has 5 nitrogen and oxygen atoms in total. The Morgan fingerprint density at radius 3 is 2.42 bits per heavy atom.